The molecule has 0 atom stereocenters. The molecule has 0 aliphatic carbocycles. The van der Waals surface area contributed by atoms with Crippen molar-refractivity contribution in [1.29, 1.82) is 0 Å². The van der Waals surface area contributed by atoms with Crippen LogP contribution in [-0.2, 0) is 11.2 Å². The summed E-state index contributed by atoms with van der Waals surface area (Å²) in [5.41, 5.74) is 3.08. The van der Waals surface area contributed by atoms with Crippen LogP contribution in [0.2, 0.25) is 5.02 Å². The summed E-state index contributed by atoms with van der Waals surface area (Å²) in [6.45, 7) is 4.19. The summed E-state index contributed by atoms with van der Waals surface area (Å²) in [5.74, 6) is 1.05. The molecule has 4 nitrogen and oxygen atoms in total. The molecule has 4 rings (SSSR count). The van der Waals surface area contributed by atoms with Gasteiger partial charge < -0.3 is 9.47 Å². The standard InChI is InChI=1S/C27H25ClF2N2O2S/c1-27(2,18-6-12-23(33-3)24(14-18)34-4)25-15-31-26(32(25)20-9-7-19(29)8-10-20)35-16-17-5-11-22(30)21(28)13-17/h5-15H,16H2,1-4H3. The Bertz CT molecular complexity index is 1340. The molecule has 0 spiro atoms. The van der Waals surface area contributed by atoms with Crippen LogP contribution in [0.3, 0.4) is 0 Å². The molecule has 0 saturated heterocycles. The third-order valence-electron chi connectivity index (χ3n) is 5.91. The van der Waals surface area contributed by atoms with Gasteiger partial charge in [-0.05, 0) is 59.7 Å². The molecular weight excluding hydrogens is 490 g/mol. The second-order valence-corrected chi connectivity index (χ2v) is 9.82. The topological polar surface area (TPSA) is 36.3 Å². The maximum Gasteiger partial charge on any atom is 0.173 e. The van der Waals surface area contributed by atoms with Crippen LogP contribution in [0.15, 0.2) is 72.0 Å². The number of halogens is 3. The van der Waals surface area contributed by atoms with Gasteiger partial charge in [-0.2, -0.15) is 0 Å². The Balaban J connectivity index is 1.77. The molecule has 0 unspecified atom stereocenters. The van der Waals surface area contributed by atoms with Crippen molar-refractivity contribution in [2.45, 2.75) is 30.2 Å². The molecule has 4 aromatic rings. The summed E-state index contributed by atoms with van der Waals surface area (Å²) in [5, 5.41) is 0.806. The number of aromatic nitrogens is 2. The van der Waals surface area contributed by atoms with E-state index in [9.17, 15) is 8.78 Å². The minimum atomic E-state index is -0.487. The largest absolute Gasteiger partial charge is 0.493 e. The fourth-order valence-corrected chi connectivity index (χ4v) is 5.01. The smallest absolute Gasteiger partial charge is 0.173 e. The first-order chi connectivity index (χ1) is 16.7. The number of nitrogens with zero attached hydrogens (tertiary/aromatic N) is 2. The van der Waals surface area contributed by atoms with Gasteiger partial charge in [-0.1, -0.05) is 49.3 Å². The monoisotopic (exact) mass is 514 g/mol. The lowest BCUT2D eigenvalue weighted by Gasteiger charge is -2.28. The normalized spacial score (nSPS) is 11.5. The second-order valence-electron chi connectivity index (χ2n) is 8.47. The molecule has 182 valence electrons. The van der Waals surface area contributed by atoms with Crippen molar-refractivity contribution in [3.63, 3.8) is 0 Å². The van der Waals surface area contributed by atoms with E-state index in [0.29, 0.717) is 17.3 Å². The van der Waals surface area contributed by atoms with Gasteiger partial charge in [0.1, 0.15) is 11.6 Å². The van der Waals surface area contributed by atoms with E-state index in [4.69, 9.17) is 26.1 Å². The lowest BCUT2D eigenvalue weighted by molar-refractivity contribution is 0.353. The summed E-state index contributed by atoms with van der Waals surface area (Å²) in [7, 11) is 3.21. The molecule has 0 amide bonds. The van der Waals surface area contributed by atoms with E-state index in [1.54, 1.807) is 38.5 Å². The van der Waals surface area contributed by atoms with E-state index in [2.05, 4.69) is 13.8 Å². The molecule has 1 heterocycles. The van der Waals surface area contributed by atoms with Crippen molar-refractivity contribution in [3.8, 4) is 17.2 Å². The summed E-state index contributed by atoms with van der Waals surface area (Å²) >= 11 is 7.45. The highest BCUT2D eigenvalue weighted by Gasteiger charge is 2.30. The zero-order chi connectivity index (χ0) is 25.2. The molecule has 0 aliphatic rings. The lowest BCUT2D eigenvalue weighted by atomic mass is 9.81. The summed E-state index contributed by atoms with van der Waals surface area (Å²) in [6, 6.07) is 16.8. The summed E-state index contributed by atoms with van der Waals surface area (Å²) < 4.78 is 40.2. The summed E-state index contributed by atoms with van der Waals surface area (Å²) in [4.78, 5) is 4.71. The Morgan fingerprint density at radius 3 is 2.31 bits per heavy atom. The van der Waals surface area contributed by atoms with E-state index >= 15 is 0 Å². The molecular formula is C27H25ClF2N2O2S. The Labute approximate surface area is 212 Å². The van der Waals surface area contributed by atoms with Crippen molar-refractivity contribution in [3.05, 3.63) is 100 Å². The van der Waals surface area contributed by atoms with Crippen LogP contribution >= 0.6 is 23.4 Å². The fourth-order valence-electron chi connectivity index (χ4n) is 3.87. The van der Waals surface area contributed by atoms with Crippen LogP contribution < -0.4 is 9.47 Å². The number of ether oxygens (including phenoxy) is 2. The molecule has 35 heavy (non-hydrogen) atoms. The summed E-state index contributed by atoms with van der Waals surface area (Å²) in [6.07, 6.45) is 1.83. The maximum absolute atomic E-state index is 13.7. The second kappa shape index (κ2) is 10.3. The predicted octanol–water partition coefficient (Wildman–Crippen LogP) is 7.44. The van der Waals surface area contributed by atoms with Crippen molar-refractivity contribution in [1.82, 2.24) is 9.55 Å². The zero-order valence-corrected chi connectivity index (χ0v) is 21.4. The van der Waals surface area contributed by atoms with Crippen LogP contribution in [-0.4, -0.2) is 23.8 Å². The Kier molecular flexibility index (Phi) is 7.38. The molecule has 3 aromatic carbocycles. The van der Waals surface area contributed by atoms with Gasteiger partial charge >= 0.3 is 0 Å². The minimum absolute atomic E-state index is 0.0836. The first-order valence-corrected chi connectivity index (χ1v) is 12.2. The van der Waals surface area contributed by atoms with E-state index in [0.717, 1.165) is 27.7 Å². The van der Waals surface area contributed by atoms with Crippen LogP contribution in [0.5, 0.6) is 11.5 Å². The fraction of sp³-hybridized carbons (Fsp3) is 0.222. The molecule has 0 N–H and O–H groups in total. The molecule has 0 bridgehead atoms. The Morgan fingerprint density at radius 2 is 1.66 bits per heavy atom. The lowest BCUT2D eigenvalue weighted by Crippen LogP contribution is -2.23. The zero-order valence-electron chi connectivity index (χ0n) is 19.8. The quantitative estimate of drug-likeness (QED) is 0.229. The highest BCUT2D eigenvalue weighted by atomic mass is 35.5. The van der Waals surface area contributed by atoms with Crippen molar-refractivity contribution < 1.29 is 18.3 Å². The van der Waals surface area contributed by atoms with E-state index in [1.807, 2.05) is 29.0 Å². The number of thioether (sulfide) groups is 1. The van der Waals surface area contributed by atoms with Crippen molar-refractivity contribution >= 4 is 23.4 Å². The number of methoxy groups -OCH3 is 2. The third-order valence-corrected chi connectivity index (χ3v) is 7.23. The third kappa shape index (κ3) is 5.16. The van der Waals surface area contributed by atoms with Gasteiger partial charge in [0.25, 0.3) is 0 Å². The van der Waals surface area contributed by atoms with E-state index < -0.39 is 11.2 Å². The Morgan fingerprint density at radius 1 is 0.943 bits per heavy atom. The molecule has 0 radical (unpaired) electrons. The van der Waals surface area contributed by atoms with Crippen LogP contribution in [0.25, 0.3) is 5.69 Å². The average molecular weight is 515 g/mol. The van der Waals surface area contributed by atoms with Gasteiger partial charge in [0, 0.05) is 16.9 Å². The van der Waals surface area contributed by atoms with Gasteiger partial charge in [0.2, 0.25) is 0 Å². The number of benzene rings is 3. The molecule has 8 heteroatoms. The maximum atomic E-state index is 13.7. The number of hydrogen-bond donors (Lipinski definition) is 0. The van der Waals surface area contributed by atoms with Crippen LogP contribution in [0, 0.1) is 11.6 Å². The Hall–Kier alpha value is -3.03. The highest BCUT2D eigenvalue weighted by molar-refractivity contribution is 7.98. The molecule has 0 aliphatic heterocycles. The highest BCUT2D eigenvalue weighted by Crippen LogP contribution is 2.40. The minimum Gasteiger partial charge on any atom is -0.493 e. The van der Waals surface area contributed by atoms with Crippen molar-refractivity contribution in [2.75, 3.05) is 14.2 Å². The molecule has 0 fully saturated rings. The van der Waals surface area contributed by atoms with Crippen molar-refractivity contribution in [2.24, 2.45) is 0 Å². The average Bonchev–Trinajstić information content (AvgIpc) is 3.29. The van der Waals surface area contributed by atoms with Gasteiger partial charge in [-0.25, -0.2) is 13.8 Å². The van der Waals surface area contributed by atoms with E-state index in [1.165, 1.54) is 30.0 Å². The number of imidazole rings is 1. The van der Waals surface area contributed by atoms with Gasteiger partial charge in [0.05, 0.1) is 31.1 Å². The first kappa shape index (κ1) is 25.1. The van der Waals surface area contributed by atoms with Crippen LogP contribution in [0.1, 0.15) is 30.7 Å². The SMILES string of the molecule is COc1ccc(C(C)(C)c2cnc(SCc3ccc(F)c(Cl)c3)n2-c2ccc(F)cc2)cc1OC. The molecule has 1 aromatic heterocycles. The van der Waals surface area contributed by atoms with Gasteiger partial charge in [-0.15, -0.1) is 0 Å². The van der Waals surface area contributed by atoms with Crippen LogP contribution in [0.4, 0.5) is 8.78 Å². The first-order valence-electron chi connectivity index (χ1n) is 10.9. The predicted molar refractivity (Wildman–Crippen MR) is 136 cm³/mol. The van der Waals surface area contributed by atoms with E-state index in [-0.39, 0.29) is 10.8 Å². The van der Waals surface area contributed by atoms with Gasteiger partial charge in [-0.3, -0.25) is 4.57 Å². The number of hydrogen-bond acceptors (Lipinski definition) is 4. The molecule has 0 saturated carbocycles. The number of rotatable bonds is 8. The van der Waals surface area contributed by atoms with Gasteiger partial charge in [0.15, 0.2) is 16.7 Å².